The lowest BCUT2D eigenvalue weighted by molar-refractivity contribution is -0.137. The van der Waals surface area contributed by atoms with Crippen molar-refractivity contribution < 1.29 is 27.9 Å². The molecular weight excluding hydrogens is 288 g/mol. The van der Waals surface area contributed by atoms with Crippen molar-refractivity contribution in [1.29, 1.82) is 0 Å². The molecule has 0 saturated carbocycles. The van der Waals surface area contributed by atoms with Crippen molar-refractivity contribution in [2.24, 2.45) is 0 Å². The van der Waals surface area contributed by atoms with Gasteiger partial charge in [0.1, 0.15) is 0 Å². The Morgan fingerprint density at radius 3 is 2.55 bits per heavy atom. The normalized spacial score (nSPS) is 12.9. The maximum Gasteiger partial charge on any atom is 0.303 e. The summed E-state index contributed by atoms with van der Waals surface area (Å²) in [4.78, 5) is 21.8. The Bertz CT molecular complexity index is 409. The molecule has 1 unspecified atom stereocenters. The highest BCUT2D eigenvalue weighted by Crippen LogP contribution is 1.96. The van der Waals surface area contributed by atoms with E-state index in [1.165, 1.54) is 7.11 Å². The lowest BCUT2D eigenvalue weighted by Gasteiger charge is -2.13. The molecule has 0 aromatic rings. The summed E-state index contributed by atoms with van der Waals surface area (Å²) in [6.45, 7) is 1.64. The highest BCUT2D eigenvalue weighted by molar-refractivity contribution is 7.89. The van der Waals surface area contributed by atoms with Crippen LogP contribution in [0.15, 0.2) is 0 Å². The molecule has 0 aromatic heterocycles. The van der Waals surface area contributed by atoms with Crippen LogP contribution in [0.25, 0.3) is 0 Å². The summed E-state index contributed by atoms with van der Waals surface area (Å²) in [5.74, 6) is -1.54. The Kier molecular flexibility index (Phi) is 9.10. The number of aliphatic carboxylic acids is 1. The quantitative estimate of drug-likeness (QED) is 0.434. The molecule has 3 N–H and O–H groups in total. The van der Waals surface area contributed by atoms with Crippen LogP contribution in [0, 0.1) is 0 Å². The minimum absolute atomic E-state index is 0.0514. The summed E-state index contributed by atoms with van der Waals surface area (Å²) in [7, 11) is -2.02. The van der Waals surface area contributed by atoms with Gasteiger partial charge in [0, 0.05) is 26.2 Å². The number of carbonyl (C=O) groups is 2. The van der Waals surface area contributed by atoms with E-state index in [1.54, 1.807) is 6.92 Å². The molecule has 0 bridgehead atoms. The number of carbonyl (C=O) groups excluding carboxylic acids is 1. The van der Waals surface area contributed by atoms with Gasteiger partial charge in [-0.1, -0.05) is 0 Å². The van der Waals surface area contributed by atoms with Crippen LogP contribution in [0.3, 0.4) is 0 Å². The number of hydrogen-bond donors (Lipinski definition) is 3. The molecule has 0 saturated heterocycles. The zero-order chi connectivity index (χ0) is 15.6. The minimum Gasteiger partial charge on any atom is -0.481 e. The van der Waals surface area contributed by atoms with Crippen molar-refractivity contribution in [2.45, 2.75) is 32.2 Å². The highest BCUT2D eigenvalue weighted by Gasteiger charge is 2.14. The average Bonchev–Trinajstić information content (AvgIpc) is 2.34. The monoisotopic (exact) mass is 310 g/mol. The molecule has 0 rings (SSSR count). The first-order valence-electron chi connectivity index (χ1n) is 6.24. The molecule has 1 atom stereocenters. The third-order valence-corrected chi connectivity index (χ3v) is 3.82. The summed E-state index contributed by atoms with van der Waals surface area (Å²) in [6.07, 6.45) is 0.592. The van der Waals surface area contributed by atoms with Gasteiger partial charge in [-0.15, -0.1) is 0 Å². The maximum atomic E-state index is 11.5. The first kappa shape index (κ1) is 18.8. The number of ether oxygens (including phenoxy) is 1. The standard InChI is InChI=1S/C11H22N2O6S/c1-9(4-5-11(15)16)13-10(14)8-12-20(17,18)7-3-6-19-2/h9,12H,3-8H2,1-2H3,(H,13,14)(H,15,16). The fourth-order valence-electron chi connectivity index (χ4n) is 1.38. The number of carboxylic acid groups (broad SMARTS) is 1. The van der Waals surface area contributed by atoms with Gasteiger partial charge in [0.15, 0.2) is 0 Å². The number of carboxylic acids is 1. The lowest BCUT2D eigenvalue weighted by Crippen LogP contribution is -2.41. The Hall–Kier alpha value is -1.19. The van der Waals surface area contributed by atoms with Gasteiger partial charge in [-0.25, -0.2) is 13.1 Å². The van der Waals surface area contributed by atoms with Crippen LogP contribution in [-0.4, -0.2) is 57.5 Å². The third-order valence-electron chi connectivity index (χ3n) is 2.41. The second kappa shape index (κ2) is 9.67. The summed E-state index contributed by atoms with van der Waals surface area (Å²) >= 11 is 0. The fourth-order valence-corrected chi connectivity index (χ4v) is 2.37. The molecule has 0 radical (unpaired) electrons. The molecule has 0 spiro atoms. The van der Waals surface area contributed by atoms with Crippen molar-refractivity contribution in [2.75, 3.05) is 26.0 Å². The molecule has 0 aliphatic carbocycles. The molecule has 0 heterocycles. The van der Waals surface area contributed by atoms with E-state index in [-0.39, 0.29) is 24.8 Å². The molecule has 20 heavy (non-hydrogen) atoms. The number of hydrogen-bond acceptors (Lipinski definition) is 5. The Morgan fingerprint density at radius 1 is 1.35 bits per heavy atom. The smallest absolute Gasteiger partial charge is 0.303 e. The maximum absolute atomic E-state index is 11.5. The molecule has 1 amide bonds. The molecular formula is C11H22N2O6S. The van der Waals surface area contributed by atoms with E-state index < -0.39 is 21.9 Å². The number of sulfonamides is 1. The van der Waals surface area contributed by atoms with Crippen molar-refractivity contribution in [1.82, 2.24) is 10.0 Å². The van der Waals surface area contributed by atoms with E-state index in [2.05, 4.69) is 10.0 Å². The second-order valence-electron chi connectivity index (χ2n) is 4.39. The predicted molar refractivity (Wildman–Crippen MR) is 72.8 cm³/mol. The van der Waals surface area contributed by atoms with E-state index in [4.69, 9.17) is 9.84 Å². The summed E-state index contributed by atoms with van der Waals surface area (Å²) in [5, 5.41) is 11.0. The molecule has 0 fully saturated rings. The average molecular weight is 310 g/mol. The van der Waals surface area contributed by atoms with Gasteiger partial charge >= 0.3 is 5.97 Å². The van der Waals surface area contributed by atoms with Crippen LogP contribution in [0.5, 0.6) is 0 Å². The summed E-state index contributed by atoms with van der Waals surface area (Å²) < 4.78 is 29.9. The molecule has 0 aromatic carbocycles. The number of nitrogens with one attached hydrogen (secondary N) is 2. The Balaban J connectivity index is 3.94. The number of methoxy groups -OCH3 is 1. The van der Waals surface area contributed by atoms with Crippen LogP contribution >= 0.6 is 0 Å². The van der Waals surface area contributed by atoms with Crippen LogP contribution in [0.1, 0.15) is 26.2 Å². The Labute approximate surface area is 118 Å². The Morgan fingerprint density at radius 2 is 2.00 bits per heavy atom. The molecule has 0 aliphatic rings. The third kappa shape index (κ3) is 10.7. The van der Waals surface area contributed by atoms with Gasteiger partial charge in [-0.05, 0) is 19.8 Å². The van der Waals surface area contributed by atoms with Crippen molar-refractivity contribution >= 4 is 21.9 Å². The van der Waals surface area contributed by atoms with Gasteiger partial charge in [0.25, 0.3) is 0 Å². The number of amides is 1. The zero-order valence-electron chi connectivity index (χ0n) is 11.7. The molecule has 8 nitrogen and oxygen atoms in total. The van der Waals surface area contributed by atoms with E-state index in [0.29, 0.717) is 19.4 Å². The van der Waals surface area contributed by atoms with Crippen molar-refractivity contribution in [3.05, 3.63) is 0 Å². The van der Waals surface area contributed by atoms with Gasteiger partial charge in [0.05, 0.1) is 12.3 Å². The largest absolute Gasteiger partial charge is 0.481 e. The summed E-state index contributed by atoms with van der Waals surface area (Å²) in [5.41, 5.74) is 0. The van der Waals surface area contributed by atoms with Gasteiger partial charge < -0.3 is 15.2 Å². The first-order chi connectivity index (χ1) is 9.26. The van der Waals surface area contributed by atoms with Crippen LogP contribution < -0.4 is 10.0 Å². The predicted octanol–water partition coefficient (Wildman–Crippen LogP) is -0.688. The SMILES string of the molecule is COCCCS(=O)(=O)NCC(=O)NC(C)CCC(=O)O. The van der Waals surface area contributed by atoms with E-state index in [1.807, 2.05) is 0 Å². The van der Waals surface area contributed by atoms with Gasteiger partial charge in [0.2, 0.25) is 15.9 Å². The summed E-state index contributed by atoms with van der Waals surface area (Å²) in [6, 6.07) is -0.323. The zero-order valence-corrected chi connectivity index (χ0v) is 12.5. The van der Waals surface area contributed by atoms with Crippen LogP contribution in [0.2, 0.25) is 0 Å². The van der Waals surface area contributed by atoms with E-state index >= 15 is 0 Å². The second-order valence-corrected chi connectivity index (χ2v) is 6.31. The topological polar surface area (TPSA) is 122 Å². The minimum atomic E-state index is -3.50. The highest BCUT2D eigenvalue weighted by atomic mass is 32.2. The van der Waals surface area contributed by atoms with Crippen LogP contribution in [0.4, 0.5) is 0 Å². The van der Waals surface area contributed by atoms with Crippen LogP contribution in [-0.2, 0) is 24.3 Å². The molecule has 0 aliphatic heterocycles. The van der Waals surface area contributed by atoms with E-state index in [9.17, 15) is 18.0 Å². The van der Waals surface area contributed by atoms with Crippen molar-refractivity contribution in [3.63, 3.8) is 0 Å². The van der Waals surface area contributed by atoms with Gasteiger partial charge in [-0.2, -0.15) is 0 Å². The first-order valence-corrected chi connectivity index (χ1v) is 7.89. The van der Waals surface area contributed by atoms with E-state index in [0.717, 1.165) is 0 Å². The van der Waals surface area contributed by atoms with Crippen molar-refractivity contribution in [3.8, 4) is 0 Å². The number of rotatable bonds is 11. The molecule has 9 heteroatoms. The lowest BCUT2D eigenvalue weighted by atomic mass is 10.2. The molecule has 118 valence electrons. The van der Waals surface area contributed by atoms with Gasteiger partial charge in [-0.3, -0.25) is 9.59 Å². The fraction of sp³-hybridized carbons (Fsp3) is 0.818.